The number of halogens is 1. The molecule has 2 aromatic rings. The molecule has 0 aliphatic heterocycles. The van der Waals surface area contributed by atoms with Crippen LogP contribution in [0.1, 0.15) is 29.6 Å². The first-order valence-electron chi connectivity index (χ1n) is 7.06. The first-order chi connectivity index (χ1) is 9.67. The number of nitrogens with one attached hydrogen (secondary N) is 1. The minimum Gasteiger partial charge on any atom is -0.313 e. The standard InChI is InChI=1S/C16H21ClN2S/c1-3-8-18-15(10-16-19-12(2)11-20-16)9-13-4-6-14(17)7-5-13/h4-7,11,15,18H,3,8-10H2,1-2H3. The molecule has 1 aromatic carbocycles. The first kappa shape index (κ1) is 15.5. The van der Waals surface area contributed by atoms with Crippen LogP contribution in [0.3, 0.4) is 0 Å². The Bertz CT molecular complexity index is 522. The summed E-state index contributed by atoms with van der Waals surface area (Å²) in [6.07, 6.45) is 3.14. The number of nitrogens with zero attached hydrogens (tertiary/aromatic N) is 1. The maximum Gasteiger partial charge on any atom is 0.0943 e. The molecule has 0 aliphatic rings. The summed E-state index contributed by atoms with van der Waals surface area (Å²) < 4.78 is 0. The van der Waals surface area contributed by atoms with E-state index >= 15 is 0 Å². The van der Waals surface area contributed by atoms with E-state index in [1.54, 1.807) is 11.3 Å². The molecule has 1 heterocycles. The monoisotopic (exact) mass is 308 g/mol. The Labute approximate surface area is 130 Å². The molecule has 1 aromatic heterocycles. The highest BCUT2D eigenvalue weighted by atomic mass is 35.5. The third kappa shape index (κ3) is 4.89. The van der Waals surface area contributed by atoms with Crippen molar-refractivity contribution in [3.05, 3.63) is 50.9 Å². The molecule has 0 amide bonds. The maximum absolute atomic E-state index is 5.94. The van der Waals surface area contributed by atoms with Crippen LogP contribution in [0.5, 0.6) is 0 Å². The van der Waals surface area contributed by atoms with Gasteiger partial charge in [-0.2, -0.15) is 0 Å². The van der Waals surface area contributed by atoms with Crippen molar-refractivity contribution in [3.8, 4) is 0 Å². The zero-order valence-electron chi connectivity index (χ0n) is 12.0. The second-order valence-corrected chi connectivity index (χ2v) is 6.45. The van der Waals surface area contributed by atoms with Crippen molar-refractivity contribution < 1.29 is 0 Å². The molecule has 0 aliphatic carbocycles. The molecular formula is C16H21ClN2S. The lowest BCUT2D eigenvalue weighted by atomic mass is 10.0. The summed E-state index contributed by atoms with van der Waals surface area (Å²) in [7, 11) is 0. The Morgan fingerprint density at radius 2 is 2.00 bits per heavy atom. The largest absolute Gasteiger partial charge is 0.313 e. The van der Waals surface area contributed by atoms with Crippen molar-refractivity contribution in [2.75, 3.05) is 6.54 Å². The first-order valence-corrected chi connectivity index (χ1v) is 8.32. The topological polar surface area (TPSA) is 24.9 Å². The van der Waals surface area contributed by atoms with Gasteiger partial charge in [-0.1, -0.05) is 30.7 Å². The van der Waals surface area contributed by atoms with Gasteiger partial charge in [-0.3, -0.25) is 0 Å². The maximum atomic E-state index is 5.94. The molecule has 1 unspecified atom stereocenters. The number of benzene rings is 1. The number of aromatic nitrogens is 1. The van der Waals surface area contributed by atoms with Crippen molar-refractivity contribution in [1.82, 2.24) is 10.3 Å². The summed E-state index contributed by atoms with van der Waals surface area (Å²) in [5.41, 5.74) is 2.43. The second-order valence-electron chi connectivity index (χ2n) is 5.07. The highest BCUT2D eigenvalue weighted by Crippen LogP contribution is 2.15. The van der Waals surface area contributed by atoms with Crippen LogP contribution in [0.15, 0.2) is 29.6 Å². The average molecular weight is 309 g/mol. The molecule has 0 fully saturated rings. The molecule has 0 bridgehead atoms. The lowest BCUT2D eigenvalue weighted by Gasteiger charge is -2.17. The van der Waals surface area contributed by atoms with Gasteiger partial charge in [0.1, 0.15) is 0 Å². The van der Waals surface area contributed by atoms with Gasteiger partial charge in [-0.05, 0) is 44.0 Å². The molecular weight excluding hydrogens is 288 g/mol. The quantitative estimate of drug-likeness (QED) is 0.826. The molecule has 0 saturated carbocycles. The highest BCUT2D eigenvalue weighted by molar-refractivity contribution is 7.09. The van der Waals surface area contributed by atoms with Gasteiger partial charge >= 0.3 is 0 Å². The SMILES string of the molecule is CCCNC(Cc1ccc(Cl)cc1)Cc1nc(C)cs1. The van der Waals surface area contributed by atoms with E-state index in [1.165, 1.54) is 10.6 Å². The van der Waals surface area contributed by atoms with Gasteiger partial charge in [0.2, 0.25) is 0 Å². The average Bonchev–Trinajstić information content (AvgIpc) is 2.84. The summed E-state index contributed by atoms with van der Waals surface area (Å²) >= 11 is 7.69. The predicted octanol–water partition coefficient (Wildman–Crippen LogP) is 4.26. The van der Waals surface area contributed by atoms with Crippen molar-refractivity contribution >= 4 is 22.9 Å². The summed E-state index contributed by atoms with van der Waals surface area (Å²) in [5, 5.41) is 7.75. The van der Waals surface area contributed by atoms with E-state index in [0.717, 1.165) is 36.5 Å². The Balaban J connectivity index is 2.00. The molecule has 4 heteroatoms. The Kier molecular flexibility index (Phi) is 6.02. The third-order valence-corrected chi connectivity index (χ3v) is 4.41. The van der Waals surface area contributed by atoms with Crippen LogP contribution in [-0.2, 0) is 12.8 Å². The van der Waals surface area contributed by atoms with E-state index in [0.29, 0.717) is 6.04 Å². The van der Waals surface area contributed by atoms with Crippen LogP contribution >= 0.6 is 22.9 Å². The van der Waals surface area contributed by atoms with Crippen LogP contribution in [0.25, 0.3) is 0 Å². The van der Waals surface area contributed by atoms with Crippen molar-refractivity contribution in [1.29, 1.82) is 0 Å². The highest BCUT2D eigenvalue weighted by Gasteiger charge is 2.12. The van der Waals surface area contributed by atoms with Crippen molar-refractivity contribution in [2.24, 2.45) is 0 Å². The van der Waals surface area contributed by atoms with Crippen molar-refractivity contribution in [3.63, 3.8) is 0 Å². The van der Waals surface area contributed by atoms with Gasteiger partial charge in [0.05, 0.1) is 5.01 Å². The Hall–Kier alpha value is -0.900. The summed E-state index contributed by atoms with van der Waals surface area (Å²) in [6.45, 7) is 5.29. The predicted molar refractivity (Wildman–Crippen MR) is 87.8 cm³/mol. The lowest BCUT2D eigenvalue weighted by Crippen LogP contribution is -2.33. The van der Waals surface area contributed by atoms with Crippen LogP contribution in [0.4, 0.5) is 0 Å². The molecule has 0 saturated heterocycles. The number of thiazole rings is 1. The van der Waals surface area contributed by atoms with E-state index in [9.17, 15) is 0 Å². The molecule has 0 radical (unpaired) electrons. The van der Waals surface area contributed by atoms with Gasteiger partial charge in [0.15, 0.2) is 0 Å². The third-order valence-electron chi connectivity index (χ3n) is 3.17. The smallest absolute Gasteiger partial charge is 0.0943 e. The van der Waals surface area contributed by atoms with E-state index < -0.39 is 0 Å². The van der Waals surface area contributed by atoms with E-state index in [4.69, 9.17) is 11.6 Å². The molecule has 2 nitrogen and oxygen atoms in total. The molecule has 1 N–H and O–H groups in total. The second kappa shape index (κ2) is 7.77. The summed E-state index contributed by atoms with van der Waals surface area (Å²) in [6, 6.07) is 8.57. The fourth-order valence-corrected chi connectivity index (χ4v) is 3.16. The lowest BCUT2D eigenvalue weighted by molar-refractivity contribution is 0.504. The molecule has 108 valence electrons. The number of hydrogen-bond donors (Lipinski definition) is 1. The van der Waals surface area contributed by atoms with Crippen LogP contribution in [0, 0.1) is 6.92 Å². The van der Waals surface area contributed by atoms with Crippen molar-refractivity contribution in [2.45, 2.75) is 39.2 Å². The Morgan fingerprint density at radius 3 is 2.60 bits per heavy atom. The van der Waals surface area contributed by atoms with E-state index in [2.05, 4.69) is 34.7 Å². The molecule has 0 spiro atoms. The molecule has 20 heavy (non-hydrogen) atoms. The van der Waals surface area contributed by atoms with Crippen LogP contribution < -0.4 is 5.32 Å². The Morgan fingerprint density at radius 1 is 1.25 bits per heavy atom. The zero-order valence-corrected chi connectivity index (χ0v) is 13.6. The van der Waals surface area contributed by atoms with Gasteiger partial charge in [-0.15, -0.1) is 11.3 Å². The number of rotatable bonds is 7. The molecule has 2 rings (SSSR count). The van der Waals surface area contributed by atoms with E-state index in [1.807, 2.05) is 19.1 Å². The van der Waals surface area contributed by atoms with Crippen LogP contribution in [-0.4, -0.2) is 17.6 Å². The van der Waals surface area contributed by atoms with Gasteiger partial charge < -0.3 is 5.32 Å². The van der Waals surface area contributed by atoms with Gasteiger partial charge in [-0.25, -0.2) is 4.98 Å². The van der Waals surface area contributed by atoms with Crippen LogP contribution in [0.2, 0.25) is 5.02 Å². The summed E-state index contributed by atoms with van der Waals surface area (Å²) in [4.78, 5) is 4.57. The number of hydrogen-bond acceptors (Lipinski definition) is 3. The minimum absolute atomic E-state index is 0.432. The number of aryl methyl sites for hydroxylation is 1. The zero-order chi connectivity index (χ0) is 14.4. The normalized spacial score (nSPS) is 12.6. The van der Waals surface area contributed by atoms with E-state index in [-0.39, 0.29) is 0 Å². The summed E-state index contributed by atoms with van der Waals surface area (Å²) in [5.74, 6) is 0. The van der Waals surface area contributed by atoms with Gasteiger partial charge in [0.25, 0.3) is 0 Å². The minimum atomic E-state index is 0.432. The fourth-order valence-electron chi connectivity index (χ4n) is 2.18. The van der Waals surface area contributed by atoms with Gasteiger partial charge in [0, 0.05) is 28.6 Å². The molecule has 1 atom stereocenters. The fraction of sp³-hybridized carbons (Fsp3) is 0.438.